The molecule has 4 aliphatic heterocycles. The number of amides is 1. The van der Waals surface area contributed by atoms with E-state index in [-0.39, 0.29) is 5.91 Å². The topological polar surface area (TPSA) is 41.6 Å². The molecule has 4 aliphatic rings. The van der Waals surface area contributed by atoms with Gasteiger partial charge in [-0.05, 0) is 77.8 Å². The molecule has 0 radical (unpaired) electrons. The van der Waals surface area contributed by atoms with Gasteiger partial charge in [0.25, 0.3) is 5.91 Å². The van der Waals surface area contributed by atoms with Crippen LogP contribution in [0.25, 0.3) is 5.57 Å². The molecule has 2 bridgehead atoms. The highest BCUT2D eigenvalue weighted by molar-refractivity contribution is 6.00. The lowest BCUT2D eigenvalue weighted by Crippen LogP contribution is -2.33. The number of nitrogens with zero attached hydrogens (tertiary/aromatic N) is 1. The van der Waals surface area contributed by atoms with E-state index in [2.05, 4.69) is 30.5 Å². The van der Waals surface area contributed by atoms with Gasteiger partial charge in [0.05, 0.1) is 7.11 Å². The molecule has 32 heavy (non-hydrogen) atoms. The molecule has 4 nitrogen and oxygen atoms in total. The van der Waals surface area contributed by atoms with Gasteiger partial charge in [0.1, 0.15) is 5.75 Å². The fourth-order valence-corrected chi connectivity index (χ4v) is 5.07. The highest BCUT2D eigenvalue weighted by Crippen LogP contribution is 2.34. The zero-order valence-electron chi connectivity index (χ0n) is 18.8. The number of benzene rings is 1. The average molecular weight is 427 g/mol. The average Bonchev–Trinajstić information content (AvgIpc) is 3.14. The van der Waals surface area contributed by atoms with Gasteiger partial charge in [0.15, 0.2) is 0 Å². The maximum absolute atomic E-state index is 13.3. The third-order valence-electron chi connectivity index (χ3n) is 6.69. The Balaban J connectivity index is 1.46. The molecule has 4 heterocycles. The van der Waals surface area contributed by atoms with Gasteiger partial charge in [-0.15, -0.1) is 0 Å². The number of ether oxygens (including phenoxy) is 1. The molecule has 1 aromatic rings. The summed E-state index contributed by atoms with van der Waals surface area (Å²) in [4.78, 5) is 15.1. The van der Waals surface area contributed by atoms with E-state index in [0.717, 1.165) is 47.4 Å². The summed E-state index contributed by atoms with van der Waals surface area (Å²) >= 11 is 0. The molecule has 1 aromatic carbocycles. The quantitative estimate of drug-likeness (QED) is 0.702. The molecule has 1 fully saturated rings. The van der Waals surface area contributed by atoms with E-state index in [1.54, 1.807) is 18.1 Å². The first kappa shape index (κ1) is 20.8. The lowest BCUT2D eigenvalue weighted by Gasteiger charge is -2.28. The van der Waals surface area contributed by atoms with Crippen LogP contribution < -0.4 is 10.1 Å². The molecule has 4 heteroatoms. The second kappa shape index (κ2) is 8.79. The standard InChI is InChI=1S/C28H30N2O2/c1-3-5-21-14-20(9-13-27(21)32-2)19-6-4-7-26-12-8-22(18-30(26)28(31)17-19)23-15-24-10-11-25(16-23)29-24/h4,6-9,12-15,17-18,24-25,29H,3,5,10-11,16H2,1-2H3/b6-4+,19-17+,26-7+/t24-,25+/m1/s1. The van der Waals surface area contributed by atoms with Crippen LogP contribution >= 0.6 is 0 Å². The summed E-state index contributed by atoms with van der Waals surface area (Å²) in [5.74, 6) is 0.875. The van der Waals surface area contributed by atoms with E-state index in [9.17, 15) is 4.79 Å². The molecule has 0 unspecified atom stereocenters. The van der Waals surface area contributed by atoms with Gasteiger partial charge in [-0.25, -0.2) is 0 Å². The molecule has 0 spiro atoms. The number of nitrogens with one attached hydrogen (secondary N) is 1. The second-order valence-electron chi connectivity index (χ2n) is 8.90. The predicted octanol–water partition coefficient (Wildman–Crippen LogP) is 5.22. The summed E-state index contributed by atoms with van der Waals surface area (Å²) in [5.41, 5.74) is 6.50. The summed E-state index contributed by atoms with van der Waals surface area (Å²) in [6.07, 6.45) is 21.8. The third-order valence-corrected chi connectivity index (χ3v) is 6.69. The van der Waals surface area contributed by atoms with Crippen molar-refractivity contribution < 1.29 is 9.53 Å². The van der Waals surface area contributed by atoms with Crippen molar-refractivity contribution in [2.75, 3.05) is 7.11 Å². The molecule has 0 aromatic heterocycles. The molecule has 164 valence electrons. The molecule has 1 saturated heterocycles. The Morgan fingerprint density at radius 1 is 1.16 bits per heavy atom. The van der Waals surface area contributed by atoms with Crippen molar-refractivity contribution >= 4 is 11.5 Å². The van der Waals surface area contributed by atoms with Crippen molar-refractivity contribution in [3.63, 3.8) is 0 Å². The van der Waals surface area contributed by atoms with Crippen molar-refractivity contribution in [3.8, 4) is 5.75 Å². The van der Waals surface area contributed by atoms with Crippen molar-refractivity contribution in [2.45, 2.75) is 51.1 Å². The van der Waals surface area contributed by atoms with Crippen molar-refractivity contribution in [1.29, 1.82) is 0 Å². The Hall–Kier alpha value is -3.11. The number of carbonyl (C=O) groups excluding carboxylic acids is 1. The van der Waals surface area contributed by atoms with Crippen molar-refractivity contribution in [2.24, 2.45) is 0 Å². The van der Waals surface area contributed by atoms with Crippen LogP contribution in [0.3, 0.4) is 0 Å². The number of carbonyl (C=O) groups is 1. The van der Waals surface area contributed by atoms with Gasteiger partial charge in [0, 0.05) is 30.1 Å². The summed E-state index contributed by atoms with van der Waals surface area (Å²) in [5, 5.41) is 3.64. The monoisotopic (exact) mass is 426 g/mol. The number of methoxy groups -OCH3 is 1. The Bertz CT molecular complexity index is 1120. The first-order valence-electron chi connectivity index (χ1n) is 11.6. The maximum atomic E-state index is 13.3. The van der Waals surface area contributed by atoms with Gasteiger partial charge in [-0.1, -0.05) is 43.7 Å². The fraction of sp³-hybridized carbons (Fsp3) is 0.321. The highest BCUT2D eigenvalue weighted by atomic mass is 16.5. The minimum atomic E-state index is -0.0252. The summed E-state index contributed by atoms with van der Waals surface area (Å²) < 4.78 is 5.52. The fourth-order valence-electron chi connectivity index (χ4n) is 5.07. The third kappa shape index (κ3) is 4.03. The zero-order valence-corrected chi connectivity index (χ0v) is 18.8. The molecule has 2 atom stereocenters. The smallest absolute Gasteiger partial charge is 0.255 e. The minimum Gasteiger partial charge on any atom is -0.496 e. The highest BCUT2D eigenvalue weighted by Gasteiger charge is 2.29. The van der Waals surface area contributed by atoms with Crippen LogP contribution in [0, 0.1) is 0 Å². The first-order chi connectivity index (χ1) is 15.6. The normalized spacial score (nSPS) is 28.4. The lowest BCUT2D eigenvalue weighted by molar-refractivity contribution is -0.122. The molecule has 5 rings (SSSR count). The Morgan fingerprint density at radius 2 is 2.06 bits per heavy atom. The molecule has 0 saturated carbocycles. The predicted molar refractivity (Wildman–Crippen MR) is 129 cm³/mol. The van der Waals surface area contributed by atoms with E-state index in [4.69, 9.17) is 4.74 Å². The molecule has 1 N–H and O–H groups in total. The Kier molecular flexibility index (Phi) is 5.71. The molecular weight excluding hydrogens is 396 g/mol. The number of fused-ring (bicyclic) bond motifs is 3. The van der Waals surface area contributed by atoms with Gasteiger partial charge >= 0.3 is 0 Å². The van der Waals surface area contributed by atoms with Gasteiger partial charge in [-0.2, -0.15) is 0 Å². The molecular formula is C28H30N2O2. The maximum Gasteiger partial charge on any atom is 0.255 e. The van der Waals surface area contributed by atoms with Crippen LogP contribution in [-0.4, -0.2) is 30.0 Å². The summed E-state index contributed by atoms with van der Waals surface area (Å²) in [6.45, 7) is 2.16. The minimum absolute atomic E-state index is 0.0252. The largest absolute Gasteiger partial charge is 0.496 e. The number of allylic oxidation sites excluding steroid dienone is 7. The van der Waals surface area contributed by atoms with Crippen molar-refractivity contribution in [1.82, 2.24) is 10.2 Å². The van der Waals surface area contributed by atoms with Crippen LogP contribution in [0.5, 0.6) is 5.75 Å². The van der Waals surface area contributed by atoms with Crippen molar-refractivity contribution in [3.05, 3.63) is 94.9 Å². The van der Waals surface area contributed by atoms with Crippen LogP contribution in [0.2, 0.25) is 0 Å². The Labute approximate surface area is 190 Å². The van der Waals surface area contributed by atoms with Crippen LogP contribution in [0.1, 0.15) is 43.7 Å². The van der Waals surface area contributed by atoms with E-state index in [1.807, 2.05) is 42.6 Å². The van der Waals surface area contributed by atoms with E-state index >= 15 is 0 Å². The summed E-state index contributed by atoms with van der Waals surface area (Å²) in [6, 6.07) is 7.21. The Morgan fingerprint density at radius 3 is 2.88 bits per heavy atom. The van der Waals surface area contributed by atoms with E-state index in [1.165, 1.54) is 24.0 Å². The SMILES string of the molecule is CCCc1cc(C2=C\C(=O)N3C=C(C4=C[C@H]5CC[C@@H](C4)N5)C=C\C3=C/C=C/2)ccc1OC. The summed E-state index contributed by atoms with van der Waals surface area (Å²) in [7, 11) is 1.70. The number of hydrogen-bond acceptors (Lipinski definition) is 3. The molecule has 0 aliphatic carbocycles. The van der Waals surface area contributed by atoms with Crippen LogP contribution in [-0.2, 0) is 11.2 Å². The number of hydrogen-bond donors (Lipinski definition) is 1. The molecule has 1 amide bonds. The van der Waals surface area contributed by atoms with Gasteiger partial charge < -0.3 is 10.1 Å². The zero-order chi connectivity index (χ0) is 22.1. The first-order valence-corrected chi connectivity index (χ1v) is 11.6. The lowest BCUT2D eigenvalue weighted by atomic mass is 9.94. The van der Waals surface area contributed by atoms with Gasteiger partial charge in [-0.3, -0.25) is 9.69 Å². The van der Waals surface area contributed by atoms with Crippen LogP contribution in [0.4, 0.5) is 0 Å². The van der Waals surface area contributed by atoms with E-state index < -0.39 is 0 Å². The number of rotatable bonds is 5. The van der Waals surface area contributed by atoms with E-state index in [0.29, 0.717) is 12.1 Å². The van der Waals surface area contributed by atoms with Crippen LogP contribution in [0.15, 0.2) is 83.8 Å². The second-order valence-corrected chi connectivity index (χ2v) is 8.90. The number of aryl methyl sites for hydroxylation is 1. The van der Waals surface area contributed by atoms with Gasteiger partial charge in [0.2, 0.25) is 0 Å².